The number of hydrogen-bond donors (Lipinski definition) is 1. The molecule has 0 fully saturated rings. The van der Waals surface area contributed by atoms with Crippen LogP contribution in [0.5, 0.6) is 5.75 Å². The van der Waals surface area contributed by atoms with Gasteiger partial charge < -0.3 is 14.8 Å². The summed E-state index contributed by atoms with van der Waals surface area (Å²) in [4.78, 5) is 11.4. The first-order valence-corrected chi connectivity index (χ1v) is 6.88. The molecule has 0 bridgehead atoms. The van der Waals surface area contributed by atoms with E-state index < -0.39 is 0 Å². The molecule has 0 spiro atoms. The summed E-state index contributed by atoms with van der Waals surface area (Å²) in [7, 11) is 3.26. The van der Waals surface area contributed by atoms with E-state index in [0.29, 0.717) is 18.9 Å². The van der Waals surface area contributed by atoms with Gasteiger partial charge in [0.1, 0.15) is 5.75 Å². The molecule has 1 rings (SSSR count). The summed E-state index contributed by atoms with van der Waals surface area (Å²) in [5.74, 6) is 2.18. The normalized spacial score (nSPS) is 10.1. The molecule has 1 amide bonds. The first-order chi connectivity index (χ1) is 8.76. The molecular weight excluding hydrogens is 250 g/mol. The van der Waals surface area contributed by atoms with E-state index in [0.717, 1.165) is 11.5 Å². The number of hydrogen-bond acceptors (Lipinski definition) is 4. The molecule has 1 aromatic carbocycles. The molecule has 4 nitrogen and oxygen atoms in total. The van der Waals surface area contributed by atoms with Gasteiger partial charge in [-0.05, 0) is 17.7 Å². The van der Waals surface area contributed by atoms with Crippen molar-refractivity contribution in [3.63, 3.8) is 0 Å². The number of benzene rings is 1. The third kappa shape index (κ3) is 5.93. The van der Waals surface area contributed by atoms with Crippen LogP contribution in [0.1, 0.15) is 5.56 Å². The summed E-state index contributed by atoms with van der Waals surface area (Å²) in [6.07, 6.45) is 0. The summed E-state index contributed by atoms with van der Waals surface area (Å²) in [6.45, 7) is 1.12. The molecule has 0 atom stereocenters. The Morgan fingerprint density at radius 1 is 1.28 bits per heavy atom. The Balaban J connectivity index is 2.18. The van der Waals surface area contributed by atoms with Gasteiger partial charge in [0.2, 0.25) is 5.91 Å². The fourth-order valence-electron chi connectivity index (χ4n) is 1.33. The van der Waals surface area contributed by atoms with Gasteiger partial charge in [0.15, 0.2) is 0 Å². The molecule has 0 unspecified atom stereocenters. The number of ether oxygens (including phenoxy) is 2. The predicted octanol–water partition coefficient (Wildman–Crippen LogP) is 1.69. The first-order valence-electron chi connectivity index (χ1n) is 5.72. The standard InChI is InChI=1S/C13H19NO3S/c1-16-8-7-14-13(15)10-18-9-11-3-5-12(17-2)6-4-11/h3-6H,7-10H2,1-2H3,(H,14,15). The van der Waals surface area contributed by atoms with E-state index in [1.165, 1.54) is 5.56 Å². The van der Waals surface area contributed by atoms with Crippen molar-refractivity contribution in [1.29, 1.82) is 0 Å². The van der Waals surface area contributed by atoms with Crippen molar-refractivity contribution in [3.8, 4) is 5.75 Å². The van der Waals surface area contributed by atoms with Crippen LogP contribution in [0.2, 0.25) is 0 Å². The lowest BCUT2D eigenvalue weighted by atomic mass is 10.2. The number of carbonyl (C=O) groups excluding carboxylic acids is 1. The van der Waals surface area contributed by atoms with Crippen LogP contribution >= 0.6 is 11.8 Å². The van der Waals surface area contributed by atoms with E-state index in [9.17, 15) is 4.79 Å². The molecule has 18 heavy (non-hydrogen) atoms. The minimum atomic E-state index is 0.0468. The van der Waals surface area contributed by atoms with Crippen LogP contribution < -0.4 is 10.1 Å². The molecule has 0 aliphatic heterocycles. The van der Waals surface area contributed by atoms with Crippen LogP contribution in [0, 0.1) is 0 Å². The number of methoxy groups -OCH3 is 2. The second kappa shape index (κ2) is 8.83. The van der Waals surface area contributed by atoms with Crippen LogP contribution in [0.25, 0.3) is 0 Å². The van der Waals surface area contributed by atoms with Crippen molar-refractivity contribution in [3.05, 3.63) is 29.8 Å². The zero-order valence-corrected chi connectivity index (χ0v) is 11.6. The van der Waals surface area contributed by atoms with Gasteiger partial charge >= 0.3 is 0 Å². The Kier molecular flexibility index (Phi) is 7.29. The second-order valence-electron chi connectivity index (χ2n) is 3.68. The molecule has 0 heterocycles. The number of nitrogens with one attached hydrogen (secondary N) is 1. The van der Waals surface area contributed by atoms with E-state index in [1.54, 1.807) is 26.0 Å². The minimum Gasteiger partial charge on any atom is -0.497 e. The maximum atomic E-state index is 11.4. The topological polar surface area (TPSA) is 47.6 Å². The highest BCUT2D eigenvalue weighted by atomic mass is 32.2. The number of thioether (sulfide) groups is 1. The first kappa shape index (κ1) is 14.9. The third-order valence-corrected chi connectivity index (χ3v) is 3.29. The van der Waals surface area contributed by atoms with Crippen LogP contribution in [-0.2, 0) is 15.3 Å². The lowest BCUT2D eigenvalue weighted by Gasteiger charge is -2.05. The van der Waals surface area contributed by atoms with E-state index in [4.69, 9.17) is 9.47 Å². The molecular formula is C13H19NO3S. The zero-order chi connectivity index (χ0) is 13.2. The summed E-state index contributed by atoms with van der Waals surface area (Å²) in [5, 5.41) is 2.78. The minimum absolute atomic E-state index is 0.0468. The molecule has 1 N–H and O–H groups in total. The monoisotopic (exact) mass is 269 g/mol. The van der Waals surface area contributed by atoms with Crippen LogP contribution in [-0.4, -0.2) is 39.0 Å². The lowest BCUT2D eigenvalue weighted by molar-refractivity contribution is -0.118. The molecule has 0 radical (unpaired) electrons. The van der Waals surface area contributed by atoms with Gasteiger partial charge in [-0.25, -0.2) is 0 Å². The number of amides is 1. The second-order valence-corrected chi connectivity index (χ2v) is 4.67. The Bertz CT molecular complexity index is 354. The van der Waals surface area contributed by atoms with Gasteiger partial charge in [-0.3, -0.25) is 4.79 Å². The van der Waals surface area contributed by atoms with Crippen molar-refractivity contribution in [2.45, 2.75) is 5.75 Å². The Hall–Kier alpha value is -1.20. The lowest BCUT2D eigenvalue weighted by Crippen LogP contribution is -2.28. The van der Waals surface area contributed by atoms with Crippen molar-refractivity contribution in [1.82, 2.24) is 5.32 Å². The quantitative estimate of drug-likeness (QED) is 0.730. The molecule has 1 aromatic rings. The van der Waals surface area contributed by atoms with Gasteiger partial charge in [-0.2, -0.15) is 0 Å². The number of carbonyl (C=O) groups is 1. The summed E-state index contributed by atoms with van der Waals surface area (Å²) in [5.41, 5.74) is 1.19. The van der Waals surface area contributed by atoms with Gasteiger partial charge in [0.05, 0.1) is 19.5 Å². The molecule has 0 aliphatic carbocycles. The van der Waals surface area contributed by atoms with Gasteiger partial charge in [0.25, 0.3) is 0 Å². The van der Waals surface area contributed by atoms with Crippen LogP contribution in [0.15, 0.2) is 24.3 Å². The summed E-state index contributed by atoms with van der Waals surface area (Å²) < 4.78 is 9.94. The average Bonchev–Trinajstić information content (AvgIpc) is 2.40. The van der Waals surface area contributed by atoms with Crippen molar-refractivity contribution < 1.29 is 14.3 Å². The molecule has 0 saturated carbocycles. The summed E-state index contributed by atoms with van der Waals surface area (Å²) >= 11 is 1.59. The number of rotatable bonds is 8. The van der Waals surface area contributed by atoms with Gasteiger partial charge in [-0.1, -0.05) is 12.1 Å². The van der Waals surface area contributed by atoms with E-state index in [1.807, 2.05) is 24.3 Å². The molecule has 0 aromatic heterocycles. The predicted molar refractivity (Wildman–Crippen MR) is 74.0 cm³/mol. The van der Waals surface area contributed by atoms with Crippen LogP contribution in [0.3, 0.4) is 0 Å². The highest BCUT2D eigenvalue weighted by Crippen LogP contribution is 2.16. The fourth-order valence-corrected chi connectivity index (χ4v) is 2.14. The summed E-state index contributed by atoms with van der Waals surface area (Å²) in [6, 6.07) is 7.87. The fraction of sp³-hybridized carbons (Fsp3) is 0.462. The Morgan fingerprint density at radius 2 is 2.00 bits per heavy atom. The van der Waals surface area contributed by atoms with E-state index >= 15 is 0 Å². The molecule has 5 heteroatoms. The molecule has 0 saturated heterocycles. The smallest absolute Gasteiger partial charge is 0.230 e. The average molecular weight is 269 g/mol. The zero-order valence-electron chi connectivity index (χ0n) is 10.8. The van der Waals surface area contributed by atoms with Crippen LogP contribution in [0.4, 0.5) is 0 Å². The maximum Gasteiger partial charge on any atom is 0.230 e. The third-order valence-electron chi connectivity index (χ3n) is 2.29. The SMILES string of the molecule is COCCNC(=O)CSCc1ccc(OC)cc1. The van der Waals surface area contributed by atoms with E-state index in [-0.39, 0.29) is 5.91 Å². The highest BCUT2D eigenvalue weighted by molar-refractivity contribution is 7.99. The van der Waals surface area contributed by atoms with Gasteiger partial charge in [0, 0.05) is 19.4 Å². The Labute approximate surface area is 112 Å². The Morgan fingerprint density at radius 3 is 2.61 bits per heavy atom. The highest BCUT2D eigenvalue weighted by Gasteiger charge is 2.01. The maximum absolute atomic E-state index is 11.4. The molecule has 0 aliphatic rings. The van der Waals surface area contributed by atoms with Crippen molar-refractivity contribution in [2.24, 2.45) is 0 Å². The molecule has 100 valence electrons. The van der Waals surface area contributed by atoms with Crippen molar-refractivity contribution in [2.75, 3.05) is 33.1 Å². The van der Waals surface area contributed by atoms with E-state index in [2.05, 4.69) is 5.32 Å². The van der Waals surface area contributed by atoms with Crippen molar-refractivity contribution >= 4 is 17.7 Å². The van der Waals surface area contributed by atoms with Gasteiger partial charge in [-0.15, -0.1) is 11.8 Å². The largest absolute Gasteiger partial charge is 0.497 e.